The number of hydrogen-bond acceptors (Lipinski definition) is 6. The van der Waals surface area contributed by atoms with E-state index in [0.29, 0.717) is 16.7 Å². The van der Waals surface area contributed by atoms with Gasteiger partial charge in [-0.05, 0) is 17.7 Å². The van der Waals surface area contributed by atoms with E-state index in [4.69, 9.17) is 5.11 Å². The maximum absolute atomic E-state index is 12.9. The van der Waals surface area contributed by atoms with E-state index in [2.05, 4.69) is 19.7 Å². The van der Waals surface area contributed by atoms with Gasteiger partial charge < -0.3 is 19.1 Å². The van der Waals surface area contributed by atoms with E-state index >= 15 is 0 Å². The highest BCUT2D eigenvalue weighted by atomic mass is 32.2. The third kappa shape index (κ3) is 2.79. The number of hydrogen-bond donors (Lipinski definition) is 1. The number of aromatic nitrogens is 3. The molecule has 0 bridgehead atoms. The van der Waals surface area contributed by atoms with Crippen LogP contribution < -0.4 is 9.47 Å². The van der Waals surface area contributed by atoms with Crippen molar-refractivity contribution in [3.05, 3.63) is 29.6 Å². The molecule has 0 unspecified atom stereocenters. The van der Waals surface area contributed by atoms with Crippen LogP contribution in [0.3, 0.4) is 0 Å². The minimum atomic E-state index is -3.60. The van der Waals surface area contributed by atoms with Crippen molar-refractivity contribution in [1.82, 2.24) is 14.8 Å². The van der Waals surface area contributed by atoms with Crippen LogP contribution in [0.1, 0.15) is 11.4 Å². The molecular weight excluding hydrogens is 304 g/mol. The molecule has 1 aliphatic heterocycles. The predicted octanol–water partition coefficient (Wildman–Crippen LogP) is 1.92. The number of halogens is 2. The summed E-state index contributed by atoms with van der Waals surface area (Å²) in [6.45, 7) is -0.191. The molecular formula is C12H11F2N3O3S. The molecule has 0 aliphatic carbocycles. The fourth-order valence-corrected chi connectivity index (χ4v) is 2.71. The summed E-state index contributed by atoms with van der Waals surface area (Å²) >= 11 is 1.38. The molecule has 0 fully saturated rings. The van der Waals surface area contributed by atoms with Gasteiger partial charge in [0.25, 0.3) is 0 Å². The Morgan fingerprint density at radius 1 is 1.29 bits per heavy atom. The highest BCUT2D eigenvalue weighted by Gasteiger charge is 2.43. The number of benzene rings is 1. The molecule has 0 atom stereocenters. The number of ether oxygens (including phenoxy) is 2. The van der Waals surface area contributed by atoms with Gasteiger partial charge >= 0.3 is 6.29 Å². The van der Waals surface area contributed by atoms with E-state index < -0.39 is 6.29 Å². The predicted molar refractivity (Wildman–Crippen MR) is 69.1 cm³/mol. The zero-order valence-electron chi connectivity index (χ0n) is 10.9. The Kier molecular flexibility index (Phi) is 3.46. The number of aliphatic hydroxyl groups is 1. The molecule has 1 N–H and O–H groups in total. The van der Waals surface area contributed by atoms with Crippen molar-refractivity contribution in [2.45, 2.75) is 23.8 Å². The third-order valence-corrected chi connectivity index (χ3v) is 3.99. The first-order chi connectivity index (χ1) is 9.98. The third-order valence-electron chi connectivity index (χ3n) is 2.90. The first-order valence-corrected chi connectivity index (χ1v) is 6.98. The average molecular weight is 315 g/mol. The molecule has 21 heavy (non-hydrogen) atoms. The number of alkyl halides is 2. The van der Waals surface area contributed by atoms with Crippen molar-refractivity contribution < 1.29 is 23.4 Å². The normalized spacial score (nSPS) is 15.4. The van der Waals surface area contributed by atoms with Crippen LogP contribution in [0.15, 0.2) is 23.4 Å². The molecule has 3 rings (SSSR count). The van der Waals surface area contributed by atoms with Gasteiger partial charge in [-0.2, -0.15) is 0 Å². The van der Waals surface area contributed by atoms with Crippen LogP contribution in [0, 0.1) is 0 Å². The lowest BCUT2D eigenvalue weighted by molar-refractivity contribution is -0.286. The topological polar surface area (TPSA) is 69.4 Å². The Morgan fingerprint density at radius 2 is 2.05 bits per heavy atom. The van der Waals surface area contributed by atoms with Gasteiger partial charge in [0.05, 0.1) is 0 Å². The SMILES string of the molecule is Cn1c(CO)nnc1SCc1ccc2c(c1)OC(F)(F)O2. The Labute approximate surface area is 122 Å². The molecule has 1 aliphatic rings. The second-order valence-corrected chi connectivity index (χ2v) is 5.30. The minimum absolute atomic E-state index is 0.0205. The lowest BCUT2D eigenvalue weighted by atomic mass is 10.2. The largest absolute Gasteiger partial charge is 0.586 e. The molecule has 0 spiro atoms. The molecule has 0 saturated heterocycles. The fourth-order valence-electron chi connectivity index (χ4n) is 1.84. The number of fused-ring (bicyclic) bond motifs is 1. The van der Waals surface area contributed by atoms with Crippen LogP contribution in [-0.4, -0.2) is 26.2 Å². The summed E-state index contributed by atoms with van der Waals surface area (Å²) in [4.78, 5) is 0. The van der Waals surface area contributed by atoms with E-state index in [9.17, 15) is 8.78 Å². The Balaban J connectivity index is 1.71. The molecule has 6 nitrogen and oxygen atoms in total. The summed E-state index contributed by atoms with van der Waals surface area (Å²) in [5.74, 6) is 1.00. The zero-order valence-corrected chi connectivity index (χ0v) is 11.7. The van der Waals surface area contributed by atoms with Crippen molar-refractivity contribution in [2.24, 2.45) is 7.05 Å². The number of rotatable bonds is 4. The molecule has 1 aromatic heterocycles. The zero-order chi connectivity index (χ0) is 15.0. The minimum Gasteiger partial charge on any atom is -0.395 e. The molecule has 112 valence electrons. The highest BCUT2D eigenvalue weighted by Crippen LogP contribution is 2.41. The van der Waals surface area contributed by atoms with Crippen LogP contribution in [0.25, 0.3) is 0 Å². The molecule has 0 amide bonds. The second kappa shape index (κ2) is 5.15. The fraction of sp³-hybridized carbons (Fsp3) is 0.333. The molecule has 0 radical (unpaired) electrons. The standard InChI is InChI=1S/C12H11F2N3O3S/c1-17-10(5-18)15-16-11(17)21-6-7-2-3-8-9(4-7)20-12(13,14)19-8/h2-4,18H,5-6H2,1H3. The van der Waals surface area contributed by atoms with Gasteiger partial charge in [0.1, 0.15) is 6.61 Å². The van der Waals surface area contributed by atoms with Gasteiger partial charge in [0.15, 0.2) is 22.5 Å². The lowest BCUT2D eigenvalue weighted by Crippen LogP contribution is -2.25. The maximum atomic E-state index is 12.9. The van der Waals surface area contributed by atoms with E-state index in [1.54, 1.807) is 17.7 Å². The summed E-state index contributed by atoms with van der Waals surface area (Å²) < 4.78 is 36.2. The molecule has 1 aromatic carbocycles. The van der Waals surface area contributed by atoms with Gasteiger partial charge in [0.2, 0.25) is 0 Å². The van der Waals surface area contributed by atoms with E-state index in [-0.39, 0.29) is 18.1 Å². The quantitative estimate of drug-likeness (QED) is 0.869. The van der Waals surface area contributed by atoms with E-state index in [0.717, 1.165) is 5.56 Å². The van der Waals surface area contributed by atoms with Crippen molar-refractivity contribution in [2.75, 3.05) is 0 Å². The summed E-state index contributed by atoms with van der Waals surface area (Å²) in [7, 11) is 1.74. The summed E-state index contributed by atoms with van der Waals surface area (Å²) in [5.41, 5.74) is 0.786. The first kappa shape index (κ1) is 14.1. The van der Waals surface area contributed by atoms with Crippen molar-refractivity contribution in [3.8, 4) is 11.5 Å². The number of nitrogens with zero attached hydrogens (tertiary/aromatic N) is 3. The van der Waals surface area contributed by atoms with Gasteiger partial charge in [-0.3, -0.25) is 0 Å². The van der Waals surface area contributed by atoms with Crippen LogP contribution in [0.2, 0.25) is 0 Å². The molecule has 0 saturated carbocycles. The molecule has 9 heteroatoms. The highest BCUT2D eigenvalue weighted by molar-refractivity contribution is 7.98. The molecule has 2 aromatic rings. The van der Waals surface area contributed by atoms with Crippen LogP contribution in [0.5, 0.6) is 11.5 Å². The van der Waals surface area contributed by atoms with Crippen molar-refractivity contribution >= 4 is 11.8 Å². The Hall–Kier alpha value is -1.87. The number of thioether (sulfide) groups is 1. The van der Waals surface area contributed by atoms with Crippen LogP contribution in [-0.2, 0) is 19.4 Å². The van der Waals surface area contributed by atoms with E-state index in [1.807, 2.05) is 0 Å². The van der Waals surface area contributed by atoms with Gasteiger partial charge in [-0.25, -0.2) is 0 Å². The lowest BCUT2D eigenvalue weighted by Gasteiger charge is -2.04. The second-order valence-electron chi connectivity index (χ2n) is 4.35. The van der Waals surface area contributed by atoms with Crippen LogP contribution >= 0.6 is 11.8 Å². The molecule has 2 heterocycles. The summed E-state index contributed by atoms with van der Waals surface area (Å²) in [6, 6.07) is 4.63. The smallest absolute Gasteiger partial charge is 0.395 e. The summed E-state index contributed by atoms with van der Waals surface area (Å²) in [6.07, 6.45) is -3.60. The monoisotopic (exact) mass is 315 g/mol. The maximum Gasteiger partial charge on any atom is 0.586 e. The number of aliphatic hydroxyl groups excluding tert-OH is 1. The van der Waals surface area contributed by atoms with E-state index in [1.165, 1.54) is 23.9 Å². The Bertz CT molecular complexity index is 678. The van der Waals surface area contributed by atoms with Crippen molar-refractivity contribution in [3.63, 3.8) is 0 Å². The summed E-state index contributed by atoms with van der Waals surface area (Å²) in [5, 5.41) is 17.4. The van der Waals surface area contributed by atoms with Gasteiger partial charge in [0, 0.05) is 12.8 Å². The Morgan fingerprint density at radius 3 is 2.76 bits per heavy atom. The van der Waals surface area contributed by atoms with Gasteiger partial charge in [-0.15, -0.1) is 19.0 Å². The van der Waals surface area contributed by atoms with Crippen molar-refractivity contribution in [1.29, 1.82) is 0 Å². The first-order valence-electron chi connectivity index (χ1n) is 5.99. The average Bonchev–Trinajstić information content (AvgIpc) is 2.93. The van der Waals surface area contributed by atoms with Crippen LogP contribution in [0.4, 0.5) is 8.78 Å². The van der Waals surface area contributed by atoms with Gasteiger partial charge in [-0.1, -0.05) is 17.8 Å².